The number of aliphatic hydroxyl groups is 1. The number of amides is 1. The van der Waals surface area contributed by atoms with Crippen molar-refractivity contribution in [3.63, 3.8) is 0 Å². The van der Waals surface area contributed by atoms with Crippen LogP contribution in [0.15, 0.2) is 30.3 Å². The van der Waals surface area contributed by atoms with Gasteiger partial charge in [-0.2, -0.15) is 5.10 Å². The first-order valence-corrected chi connectivity index (χ1v) is 8.81. The maximum atomic E-state index is 13.1. The lowest BCUT2D eigenvalue weighted by atomic mass is 10.1. The predicted octanol–water partition coefficient (Wildman–Crippen LogP) is 2.39. The number of nitrogens with zero attached hydrogens (tertiary/aromatic N) is 3. The van der Waals surface area contributed by atoms with Crippen LogP contribution in [0.4, 0.5) is 0 Å². The molecule has 0 bridgehead atoms. The fourth-order valence-electron chi connectivity index (χ4n) is 3.01. The summed E-state index contributed by atoms with van der Waals surface area (Å²) in [4.78, 5) is 14.8. The molecule has 0 fully saturated rings. The zero-order chi connectivity index (χ0) is 17.8. The number of aliphatic hydroxyl groups excluding tert-OH is 1. The summed E-state index contributed by atoms with van der Waals surface area (Å²) in [6.07, 6.45) is 0.936. The van der Waals surface area contributed by atoms with Crippen molar-refractivity contribution in [3.05, 3.63) is 47.2 Å². The van der Waals surface area contributed by atoms with E-state index in [1.165, 1.54) is 0 Å². The highest BCUT2D eigenvalue weighted by Gasteiger charge is 2.27. The minimum Gasteiger partial charge on any atom is -0.478 e. The van der Waals surface area contributed by atoms with Crippen molar-refractivity contribution in [3.8, 4) is 5.88 Å². The Morgan fingerprint density at radius 2 is 2.16 bits per heavy atom. The Kier molecular flexibility index (Phi) is 5.38. The number of benzene rings is 1. The van der Waals surface area contributed by atoms with E-state index in [0.29, 0.717) is 31.1 Å². The first-order chi connectivity index (χ1) is 12.1. The van der Waals surface area contributed by atoms with Crippen LogP contribution < -0.4 is 4.74 Å². The van der Waals surface area contributed by atoms with Gasteiger partial charge in [-0.3, -0.25) is 4.79 Å². The minimum absolute atomic E-state index is 0.167. The Labute approximate surface area is 148 Å². The van der Waals surface area contributed by atoms with Crippen molar-refractivity contribution < 1.29 is 14.6 Å². The summed E-state index contributed by atoms with van der Waals surface area (Å²) in [5.41, 5.74) is 2.21. The number of carbonyl (C=O) groups excluding carboxylic acids is 1. The van der Waals surface area contributed by atoms with Crippen LogP contribution in [0.1, 0.15) is 41.4 Å². The zero-order valence-corrected chi connectivity index (χ0v) is 14.8. The second-order valence-corrected chi connectivity index (χ2v) is 6.44. The van der Waals surface area contributed by atoms with Crippen LogP contribution >= 0.6 is 0 Å². The molecule has 6 heteroatoms. The molecule has 2 heterocycles. The van der Waals surface area contributed by atoms with Gasteiger partial charge in [-0.25, -0.2) is 4.68 Å². The summed E-state index contributed by atoms with van der Waals surface area (Å²) in [5.74, 6) is 0.518. The van der Waals surface area contributed by atoms with Crippen molar-refractivity contribution in [2.45, 2.75) is 45.9 Å². The molecule has 1 amide bonds. The van der Waals surface area contributed by atoms with E-state index in [2.05, 4.69) is 5.10 Å². The van der Waals surface area contributed by atoms with Crippen molar-refractivity contribution in [2.24, 2.45) is 0 Å². The van der Waals surface area contributed by atoms with Gasteiger partial charge in [0.1, 0.15) is 0 Å². The summed E-state index contributed by atoms with van der Waals surface area (Å²) in [6, 6.07) is 9.80. The van der Waals surface area contributed by atoms with Gasteiger partial charge in [-0.1, -0.05) is 37.3 Å². The van der Waals surface area contributed by atoms with E-state index in [-0.39, 0.29) is 12.5 Å². The van der Waals surface area contributed by atoms with Crippen molar-refractivity contribution >= 4 is 5.91 Å². The molecule has 1 aromatic carbocycles. The molecule has 0 aliphatic carbocycles. The summed E-state index contributed by atoms with van der Waals surface area (Å²) < 4.78 is 7.43. The monoisotopic (exact) mass is 343 g/mol. The highest BCUT2D eigenvalue weighted by atomic mass is 16.5. The molecule has 1 N–H and O–H groups in total. The molecular formula is C19H25N3O3. The van der Waals surface area contributed by atoms with E-state index < -0.39 is 6.10 Å². The Morgan fingerprint density at radius 3 is 2.84 bits per heavy atom. The number of hydrogen-bond acceptors (Lipinski definition) is 4. The molecule has 1 aliphatic heterocycles. The fraction of sp³-hybridized carbons (Fsp3) is 0.474. The third-order valence-electron chi connectivity index (χ3n) is 4.49. The Morgan fingerprint density at radius 1 is 1.40 bits per heavy atom. The van der Waals surface area contributed by atoms with E-state index in [4.69, 9.17) is 4.74 Å². The number of hydrogen-bond donors (Lipinski definition) is 1. The van der Waals surface area contributed by atoms with Gasteiger partial charge < -0.3 is 14.7 Å². The Balaban J connectivity index is 1.87. The average Bonchev–Trinajstić information content (AvgIpc) is 2.98. The maximum absolute atomic E-state index is 13.1. The quantitative estimate of drug-likeness (QED) is 0.874. The first-order valence-electron chi connectivity index (χ1n) is 8.81. The molecular weight excluding hydrogens is 318 g/mol. The summed E-state index contributed by atoms with van der Waals surface area (Å²) >= 11 is 0. The van der Waals surface area contributed by atoms with E-state index in [1.807, 2.05) is 44.2 Å². The van der Waals surface area contributed by atoms with Crippen molar-refractivity contribution in [1.82, 2.24) is 14.7 Å². The first kappa shape index (κ1) is 17.5. The second-order valence-electron chi connectivity index (χ2n) is 6.44. The van der Waals surface area contributed by atoms with Crippen molar-refractivity contribution in [2.75, 3.05) is 13.2 Å². The zero-order valence-electron chi connectivity index (χ0n) is 14.8. The molecule has 0 spiro atoms. The average molecular weight is 343 g/mol. The third kappa shape index (κ3) is 3.85. The van der Waals surface area contributed by atoms with Crippen LogP contribution in [0, 0.1) is 6.92 Å². The van der Waals surface area contributed by atoms with Gasteiger partial charge in [0.05, 0.1) is 12.7 Å². The molecule has 1 aliphatic rings. The van der Waals surface area contributed by atoms with Gasteiger partial charge in [0.25, 0.3) is 5.91 Å². The van der Waals surface area contributed by atoms with Gasteiger partial charge in [0.15, 0.2) is 5.69 Å². The maximum Gasteiger partial charge on any atom is 0.275 e. The molecule has 0 saturated heterocycles. The number of rotatable bonds is 6. The summed E-state index contributed by atoms with van der Waals surface area (Å²) in [6.45, 7) is 5.92. The number of ether oxygens (including phenoxy) is 1. The third-order valence-corrected chi connectivity index (χ3v) is 4.49. The standard InChI is InChI=1S/C19H25N3O3/c1-3-16(23)13-21(12-15-8-5-4-6-9-15)18(24)17-14(2)19-22(20-17)10-7-11-25-19/h4-6,8-9,16,23H,3,7,10-13H2,1-2H3. The smallest absolute Gasteiger partial charge is 0.275 e. The van der Waals surface area contributed by atoms with Crippen LogP contribution in [0.2, 0.25) is 0 Å². The van der Waals surface area contributed by atoms with Gasteiger partial charge in [0.2, 0.25) is 5.88 Å². The number of aryl methyl sites for hydroxylation is 1. The molecule has 1 aromatic heterocycles. The summed E-state index contributed by atoms with van der Waals surface area (Å²) in [7, 11) is 0. The Bertz CT molecular complexity index is 727. The number of carbonyl (C=O) groups is 1. The molecule has 25 heavy (non-hydrogen) atoms. The van der Waals surface area contributed by atoms with Gasteiger partial charge in [0, 0.05) is 31.6 Å². The molecule has 3 rings (SSSR count). The van der Waals surface area contributed by atoms with Crippen LogP contribution in [-0.4, -0.2) is 44.9 Å². The topological polar surface area (TPSA) is 67.6 Å². The molecule has 6 nitrogen and oxygen atoms in total. The molecule has 0 radical (unpaired) electrons. The van der Waals surface area contributed by atoms with Crippen LogP contribution in [-0.2, 0) is 13.1 Å². The largest absolute Gasteiger partial charge is 0.478 e. The highest BCUT2D eigenvalue weighted by molar-refractivity contribution is 5.94. The minimum atomic E-state index is -0.554. The molecule has 1 unspecified atom stereocenters. The highest BCUT2D eigenvalue weighted by Crippen LogP contribution is 2.26. The lowest BCUT2D eigenvalue weighted by Crippen LogP contribution is -2.37. The fourth-order valence-corrected chi connectivity index (χ4v) is 3.01. The van der Waals surface area contributed by atoms with E-state index in [1.54, 1.807) is 9.58 Å². The van der Waals surface area contributed by atoms with Crippen LogP contribution in [0.3, 0.4) is 0 Å². The second kappa shape index (κ2) is 7.70. The molecule has 2 aromatic rings. The molecule has 1 atom stereocenters. The number of fused-ring (bicyclic) bond motifs is 1. The lowest BCUT2D eigenvalue weighted by Gasteiger charge is -2.24. The Hall–Kier alpha value is -2.34. The lowest BCUT2D eigenvalue weighted by molar-refractivity contribution is 0.0591. The SMILES string of the molecule is CCC(O)CN(Cc1ccccc1)C(=O)c1nn2c(c1C)OCCC2. The number of aromatic nitrogens is 2. The van der Waals surface area contributed by atoms with Crippen molar-refractivity contribution in [1.29, 1.82) is 0 Å². The van der Waals surface area contributed by atoms with Crippen LogP contribution in [0.25, 0.3) is 0 Å². The predicted molar refractivity (Wildman–Crippen MR) is 94.6 cm³/mol. The van der Waals surface area contributed by atoms with Gasteiger partial charge in [-0.15, -0.1) is 0 Å². The van der Waals surface area contributed by atoms with Crippen LogP contribution in [0.5, 0.6) is 5.88 Å². The van der Waals surface area contributed by atoms with E-state index >= 15 is 0 Å². The molecule has 134 valence electrons. The summed E-state index contributed by atoms with van der Waals surface area (Å²) in [5, 5.41) is 14.6. The normalized spacial score (nSPS) is 14.5. The van der Waals surface area contributed by atoms with E-state index in [0.717, 1.165) is 24.1 Å². The molecule has 0 saturated carbocycles. The van der Waals surface area contributed by atoms with E-state index in [9.17, 15) is 9.90 Å². The van der Waals surface area contributed by atoms with Gasteiger partial charge in [-0.05, 0) is 18.9 Å². The van der Waals surface area contributed by atoms with Gasteiger partial charge >= 0.3 is 0 Å².